The first-order chi connectivity index (χ1) is 13.9. The fourth-order valence-electron chi connectivity index (χ4n) is 3.05. The number of pyridine rings is 1. The second-order valence-electron chi connectivity index (χ2n) is 6.19. The van der Waals surface area contributed by atoms with Crippen LogP contribution in [-0.2, 0) is 21.4 Å². The van der Waals surface area contributed by atoms with E-state index in [-0.39, 0.29) is 28.6 Å². The zero-order chi connectivity index (χ0) is 20.6. The summed E-state index contributed by atoms with van der Waals surface area (Å²) in [5.41, 5.74) is 1.21. The average molecular weight is 412 g/mol. The zero-order valence-corrected chi connectivity index (χ0v) is 16.1. The van der Waals surface area contributed by atoms with Gasteiger partial charge in [0.25, 0.3) is 0 Å². The Labute approximate surface area is 165 Å². The molecule has 0 bridgehead atoms. The van der Waals surface area contributed by atoms with Crippen molar-refractivity contribution in [3.05, 3.63) is 66.1 Å². The summed E-state index contributed by atoms with van der Waals surface area (Å²) in [6.45, 7) is 0.178. The van der Waals surface area contributed by atoms with Crippen molar-refractivity contribution in [3.63, 3.8) is 0 Å². The molecule has 2 aromatic heterocycles. The number of methoxy groups -OCH3 is 1. The van der Waals surface area contributed by atoms with E-state index in [4.69, 9.17) is 14.6 Å². The zero-order valence-electron chi connectivity index (χ0n) is 15.3. The summed E-state index contributed by atoms with van der Waals surface area (Å²) < 4.78 is 35.8. The maximum absolute atomic E-state index is 12.5. The third-order valence-electron chi connectivity index (χ3n) is 4.38. The van der Waals surface area contributed by atoms with Crippen LogP contribution in [0.25, 0.3) is 16.4 Å². The van der Waals surface area contributed by atoms with Gasteiger partial charge in [-0.25, -0.2) is 27.9 Å². The lowest BCUT2D eigenvalue weighted by atomic mass is 10.1. The van der Waals surface area contributed by atoms with Crippen molar-refractivity contribution >= 4 is 32.4 Å². The Balaban J connectivity index is 1.99. The fraction of sp³-hybridized carbons (Fsp3) is 0.105. The Morgan fingerprint density at radius 2 is 1.90 bits per heavy atom. The smallest absolute Gasteiger partial charge is 0.360 e. The van der Waals surface area contributed by atoms with Gasteiger partial charge < -0.3 is 9.47 Å². The summed E-state index contributed by atoms with van der Waals surface area (Å²) >= 11 is 0. The third-order valence-corrected chi connectivity index (χ3v) is 5.30. The van der Waals surface area contributed by atoms with E-state index in [9.17, 15) is 13.2 Å². The predicted molar refractivity (Wildman–Crippen MR) is 104 cm³/mol. The number of aromatic nitrogens is 3. The van der Waals surface area contributed by atoms with Crippen LogP contribution < -0.4 is 9.88 Å². The first-order valence-electron chi connectivity index (χ1n) is 8.47. The quantitative estimate of drug-likeness (QED) is 0.496. The number of nitrogens with two attached hydrogens (primary N) is 1. The van der Waals surface area contributed by atoms with Crippen LogP contribution in [0.4, 0.5) is 0 Å². The molecule has 4 rings (SSSR count). The highest BCUT2D eigenvalue weighted by Gasteiger charge is 2.25. The lowest BCUT2D eigenvalue weighted by Crippen LogP contribution is -2.14. The van der Waals surface area contributed by atoms with Gasteiger partial charge in [-0.3, -0.25) is 0 Å². The topological polar surface area (TPSA) is 126 Å². The lowest BCUT2D eigenvalue weighted by Gasteiger charge is -2.15. The normalized spacial score (nSPS) is 11.7. The van der Waals surface area contributed by atoms with Crippen LogP contribution in [0.3, 0.4) is 0 Å². The molecule has 9 nitrogen and oxygen atoms in total. The third kappa shape index (κ3) is 3.39. The minimum atomic E-state index is -3.94. The van der Waals surface area contributed by atoms with E-state index in [1.165, 1.54) is 36.2 Å². The molecule has 10 heteroatoms. The highest BCUT2D eigenvalue weighted by molar-refractivity contribution is 7.89. The number of hydrogen-bond acceptors (Lipinski definition) is 7. The van der Waals surface area contributed by atoms with Crippen molar-refractivity contribution in [2.24, 2.45) is 5.14 Å². The Hall–Kier alpha value is -3.50. The predicted octanol–water partition coefficient (Wildman–Crippen LogP) is 1.90. The van der Waals surface area contributed by atoms with E-state index in [2.05, 4.69) is 10.1 Å². The summed E-state index contributed by atoms with van der Waals surface area (Å²) in [4.78, 5) is 16.6. The Morgan fingerprint density at radius 1 is 1.14 bits per heavy atom. The molecule has 0 aliphatic heterocycles. The van der Waals surface area contributed by atoms with Gasteiger partial charge in [-0.1, -0.05) is 30.3 Å². The van der Waals surface area contributed by atoms with Gasteiger partial charge in [-0.15, -0.1) is 0 Å². The molecular weight excluding hydrogens is 396 g/mol. The summed E-state index contributed by atoms with van der Waals surface area (Å²) in [5, 5.41) is 10.3. The molecule has 0 unspecified atom stereocenters. The molecule has 0 saturated heterocycles. The monoisotopic (exact) mass is 412 g/mol. The van der Waals surface area contributed by atoms with E-state index in [1.807, 2.05) is 30.3 Å². The largest absolute Gasteiger partial charge is 0.486 e. The number of hydrogen-bond donors (Lipinski definition) is 1. The Morgan fingerprint density at radius 3 is 2.59 bits per heavy atom. The van der Waals surface area contributed by atoms with Crippen molar-refractivity contribution in [1.29, 1.82) is 0 Å². The number of nitrogens with zero attached hydrogens (tertiary/aromatic N) is 3. The van der Waals surface area contributed by atoms with Crippen LogP contribution in [0.1, 0.15) is 16.1 Å². The summed E-state index contributed by atoms with van der Waals surface area (Å²) in [7, 11) is -2.68. The molecule has 2 aromatic carbocycles. The SMILES string of the molecule is COC(=O)c1c(OCc2ccccc2)c2ccc(S(N)(=O)=O)cc2c2ncnn12. The molecule has 29 heavy (non-hydrogen) atoms. The number of carbonyl (C=O) groups excluding carboxylic acids is 1. The van der Waals surface area contributed by atoms with Gasteiger partial charge in [0.05, 0.1) is 12.0 Å². The molecule has 2 N–H and O–H groups in total. The first kappa shape index (κ1) is 18.8. The minimum absolute atomic E-state index is 0.0480. The van der Waals surface area contributed by atoms with E-state index in [1.54, 1.807) is 0 Å². The highest BCUT2D eigenvalue weighted by Crippen LogP contribution is 2.34. The molecule has 0 radical (unpaired) electrons. The number of fused-ring (bicyclic) bond motifs is 3. The van der Waals surface area contributed by atoms with Crippen LogP contribution in [0.2, 0.25) is 0 Å². The summed E-state index contributed by atoms with van der Waals surface area (Å²) in [5.74, 6) is -0.462. The van der Waals surface area contributed by atoms with E-state index < -0.39 is 16.0 Å². The van der Waals surface area contributed by atoms with Crippen LogP contribution in [-0.4, -0.2) is 36.1 Å². The molecule has 148 valence electrons. The number of ether oxygens (including phenoxy) is 2. The van der Waals surface area contributed by atoms with Crippen molar-refractivity contribution < 1.29 is 22.7 Å². The van der Waals surface area contributed by atoms with Crippen LogP contribution >= 0.6 is 0 Å². The standard InChI is InChI=1S/C19H16N4O5S/c1-27-19(24)16-17(28-10-12-5-3-2-4-6-12)14-8-7-13(29(20,25)26)9-15(14)18-21-11-22-23(16)18/h2-9,11H,10H2,1H3,(H2,20,25,26). The maximum Gasteiger partial charge on any atom is 0.360 e. The molecule has 0 fully saturated rings. The maximum atomic E-state index is 12.5. The number of sulfonamides is 1. The van der Waals surface area contributed by atoms with E-state index >= 15 is 0 Å². The second-order valence-corrected chi connectivity index (χ2v) is 7.75. The van der Waals surface area contributed by atoms with Gasteiger partial charge in [0.1, 0.15) is 12.9 Å². The Bertz CT molecular complexity index is 1330. The molecule has 4 aromatic rings. The van der Waals surface area contributed by atoms with Crippen LogP contribution in [0.15, 0.2) is 59.8 Å². The molecule has 0 amide bonds. The van der Waals surface area contributed by atoms with Crippen molar-refractivity contribution in [3.8, 4) is 5.75 Å². The molecule has 0 saturated carbocycles. The van der Waals surface area contributed by atoms with Gasteiger partial charge in [0.15, 0.2) is 17.1 Å². The average Bonchev–Trinajstić information content (AvgIpc) is 3.20. The van der Waals surface area contributed by atoms with E-state index in [0.717, 1.165) is 5.56 Å². The van der Waals surface area contributed by atoms with Crippen LogP contribution in [0.5, 0.6) is 5.75 Å². The molecule has 2 heterocycles. The van der Waals surface area contributed by atoms with Gasteiger partial charge in [0.2, 0.25) is 10.0 Å². The highest BCUT2D eigenvalue weighted by atomic mass is 32.2. The summed E-state index contributed by atoms with van der Waals surface area (Å²) in [6, 6.07) is 13.6. The number of primary sulfonamides is 1. The van der Waals surface area contributed by atoms with Crippen molar-refractivity contribution in [2.75, 3.05) is 7.11 Å². The van der Waals surface area contributed by atoms with Crippen molar-refractivity contribution in [2.45, 2.75) is 11.5 Å². The fourth-order valence-corrected chi connectivity index (χ4v) is 3.59. The molecular formula is C19H16N4O5S. The number of benzene rings is 2. The number of esters is 1. The molecule has 0 atom stereocenters. The summed E-state index contributed by atoms with van der Waals surface area (Å²) in [6.07, 6.45) is 1.26. The lowest BCUT2D eigenvalue weighted by molar-refractivity contribution is 0.0585. The number of rotatable bonds is 5. The molecule has 0 aliphatic carbocycles. The first-order valence-corrected chi connectivity index (χ1v) is 10.0. The van der Waals surface area contributed by atoms with Gasteiger partial charge in [-0.2, -0.15) is 5.10 Å². The van der Waals surface area contributed by atoms with Crippen molar-refractivity contribution in [1.82, 2.24) is 14.6 Å². The van der Waals surface area contributed by atoms with Gasteiger partial charge in [0, 0.05) is 10.8 Å². The van der Waals surface area contributed by atoms with Crippen LogP contribution in [0, 0.1) is 0 Å². The van der Waals surface area contributed by atoms with E-state index in [0.29, 0.717) is 10.8 Å². The van der Waals surface area contributed by atoms with Gasteiger partial charge >= 0.3 is 5.97 Å². The Kier molecular flexibility index (Phi) is 4.65. The second kappa shape index (κ2) is 7.15. The molecule has 0 aliphatic rings. The van der Waals surface area contributed by atoms with Gasteiger partial charge in [-0.05, 0) is 23.8 Å². The minimum Gasteiger partial charge on any atom is -0.486 e. The number of carbonyl (C=O) groups is 1. The molecule has 0 spiro atoms.